The van der Waals surface area contributed by atoms with Gasteiger partial charge in [0.25, 0.3) is 0 Å². The SMILES string of the molecule is CC1=C(C)C[C]([Ti+2]([C]2=CC=CC2)=[Si](C)C)=C1.[Cl-].[Cl-]. The Kier molecular flexibility index (Phi) is 8.12. The van der Waals surface area contributed by atoms with E-state index >= 15 is 0 Å². The third kappa shape index (κ3) is 3.98. The van der Waals surface area contributed by atoms with Crippen LogP contribution < -0.4 is 24.8 Å². The molecule has 0 spiro atoms. The van der Waals surface area contributed by atoms with E-state index in [1.807, 2.05) is 7.76 Å². The van der Waals surface area contributed by atoms with Crippen LogP contribution in [0.1, 0.15) is 26.7 Å². The van der Waals surface area contributed by atoms with Gasteiger partial charge in [0.2, 0.25) is 0 Å². The maximum absolute atomic E-state index is 2.52. The number of halogens is 2. The van der Waals surface area contributed by atoms with Gasteiger partial charge in [-0.05, 0) is 0 Å². The molecule has 0 aromatic heterocycles. The Morgan fingerprint density at radius 2 is 1.78 bits per heavy atom. The molecule has 2 aliphatic carbocycles. The average Bonchev–Trinajstić information content (AvgIpc) is 2.79. The second-order valence-electron chi connectivity index (χ2n) is 5.01. The van der Waals surface area contributed by atoms with Crippen LogP contribution in [0.2, 0.25) is 13.1 Å². The molecule has 0 aliphatic heterocycles. The molecule has 0 N–H and O–H groups in total. The van der Waals surface area contributed by atoms with Gasteiger partial charge in [0, 0.05) is 0 Å². The zero-order valence-electron chi connectivity index (χ0n) is 11.5. The van der Waals surface area contributed by atoms with Crippen molar-refractivity contribution in [3.63, 3.8) is 0 Å². The van der Waals surface area contributed by atoms with Gasteiger partial charge in [-0.2, -0.15) is 0 Å². The van der Waals surface area contributed by atoms with Gasteiger partial charge in [0.1, 0.15) is 0 Å². The van der Waals surface area contributed by atoms with Crippen LogP contribution in [0.5, 0.6) is 0 Å². The van der Waals surface area contributed by atoms with E-state index in [4.69, 9.17) is 0 Å². The van der Waals surface area contributed by atoms with E-state index in [2.05, 4.69) is 51.2 Å². The molecule has 18 heavy (non-hydrogen) atoms. The van der Waals surface area contributed by atoms with E-state index in [9.17, 15) is 0 Å². The van der Waals surface area contributed by atoms with E-state index in [-0.39, 0.29) is 31.0 Å². The number of hydrogen-bond acceptors (Lipinski definition) is 0. The zero-order chi connectivity index (χ0) is 11.7. The monoisotopic (exact) mass is 334 g/mol. The summed E-state index contributed by atoms with van der Waals surface area (Å²) in [6.45, 7) is 9.61. The van der Waals surface area contributed by atoms with Crippen molar-refractivity contribution >= 4 is 6.19 Å². The minimum Gasteiger partial charge on any atom is -1.00 e. The molecule has 0 radical (unpaired) electrons. The van der Waals surface area contributed by atoms with Crippen molar-refractivity contribution in [3.05, 3.63) is 43.2 Å². The van der Waals surface area contributed by atoms with Crippen molar-refractivity contribution in [3.8, 4) is 0 Å². The van der Waals surface area contributed by atoms with Gasteiger partial charge >= 0.3 is 106 Å². The molecule has 2 aliphatic rings. The summed E-state index contributed by atoms with van der Waals surface area (Å²) in [5.41, 5.74) is 3.14. The fourth-order valence-electron chi connectivity index (χ4n) is 2.50. The van der Waals surface area contributed by atoms with Gasteiger partial charge in [-0.25, -0.2) is 0 Å². The Bertz CT molecular complexity index is 478. The third-order valence-electron chi connectivity index (χ3n) is 3.43. The van der Waals surface area contributed by atoms with Crippen molar-refractivity contribution in [2.75, 3.05) is 0 Å². The molecule has 0 fully saturated rings. The van der Waals surface area contributed by atoms with E-state index in [0.717, 1.165) is 0 Å². The molecule has 0 saturated heterocycles. The predicted octanol–water partition coefficient (Wildman–Crippen LogP) is -1.67. The van der Waals surface area contributed by atoms with Crippen molar-refractivity contribution in [2.45, 2.75) is 39.8 Å². The molecular weight excluding hydrogens is 315 g/mol. The third-order valence-corrected chi connectivity index (χ3v) is 14.9. The summed E-state index contributed by atoms with van der Waals surface area (Å²) < 4.78 is 3.65. The van der Waals surface area contributed by atoms with E-state index < -0.39 is 16.6 Å². The molecule has 0 amide bonds. The van der Waals surface area contributed by atoms with Gasteiger partial charge in [-0.15, -0.1) is 0 Å². The Hall–Kier alpha value is 0.471. The summed E-state index contributed by atoms with van der Waals surface area (Å²) in [6, 6.07) is 0. The van der Waals surface area contributed by atoms with Gasteiger partial charge in [0.15, 0.2) is 0 Å². The van der Waals surface area contributed by atoms with Crippen molar-refractivity contribution < 1.29 is 41.4 Å². The maximum atomic E-state index is 2.52. The first-order valence-corrected chi connectivity index (χ1v) is 12.4. The topological polar surface area (TPSA) is 0 Å². The molecule has 0 bridgehead atoms. The molecular formula is C14H20Cl2SiTi. The predicted molar refractivity (Wildman–Crippen MR) is 70.4 cm³/mol. The van der Waals surface area contributed by atoms with Crippen molar-refractivity contribution in [2.24, 2.45) is 0 Å². The molecule has 98 valence electrons. The normalized spacial score (nSPS) is 16.4. The number of rotatable bonds is 2. The van der Waals surface area contributed by atoms with Crippen LogP contribution in [-0.2, 0) is 16.6 Å². The first kappa shape index (κ1) is 18.5. The summed E-state index contributed by atoms with van der Waals surface area (Å²) in [4.78, 5) is 0. The fraction of sp³-hybridized carbons (Fsp3) is 0.429. The van der Waals surface area contributed by atoms with Crippen LogP contribution in [0.25, 0.3) is 0 Å². The summed E-state index contributed by atoms with van der Waals surface area (Å²) >= 11 is -1.07. The maximum Gasteiger partial charge on any atom is -1.00 e. The van der Waals surface area contributed by atoms with Crippen LogP contribution in [0.4, 0.5) is 0 Å². The largest absolute Gasteiger partial charge is 1.00 e. The summed E-state index contributed by atoms with van der Waals surface area (Å²) in [7, 11) is 0. The van der Waals surface area contributed by atoms with Crippen LogP contribution in [0, 0.1) is 0 Å². The van der Waals surface area contributed by atoms with E-state index in [0.29, 0.717) is 0 Å². The molecule has 0 unspecified atom stereocenters. The Morgan fingerprint density at radius 3 is 2.17 bits per heavy atom. The van der Waals surface area contributed by atoms with Crippen LogP contribution in [0.15, 0.2) is 43.2 Å². The quantitative estimate of drug-likeness (QED) is 0.530. The van der Waals surface area contributed by atoms with Gasteiger partial charge in [0.05, 0.1) is 0 Å². The first-order chi connectivity index (χ1) is 7.59. The van der Waals surface area contributed by atoms with Crippen LogP contribution in [0.3, 0.4) is 0 Å². The fourth-order valence-corrected chi connectivity index (χ4v) is 14.0. The second kappa shape index (κ2) is 7.92. The Balaban J connectivity index is 0.00000144. The first-order valence-electron chi connectivity index (χ1n) is 6.00. The molecule has 0 aromatic carbocycles. The molecule has 0 nitrogen and oxygen atoms in total. The molecule has 0 aromatic rings. The standard InChI is InChI=1S/C7H9.C5H5.C2H6Si.2ClH.Ti/c1-6-4-3-5-7(6)2;1-2-4-5-3-1;1-3-2;;;/h4H,5H2,1-2H3;1-3H,4H2;1-2H3;2*1H;/q;;;;;+2/p-2. The van der Waals surface area contributed by atoms with Crippen molar-refractivity contribution in [1.82, 2.24) is 0 Å². The smallest absolute Gasteiger partial charge is 1.00 e. The Labute approximate surface area is 130 Å². The second-order valence-corrected chi connectivity index (χ2v) is 16.9. The summed E-state index contributed by atoms with van der Waals surface area (Å²) in [5, 5.41) is 0. The minimum atomic E-state index is -1.07. The van der Waals surface area contributed by atoms with Crippen molar-refractivity contribution in [1.29, 1.82) is 0 Å². The minimum absolute atomic E-state index is 0. The average molecular weight is 335 g/mol. The van der Waals surface area contributed by atoms with Crippen LogP contribution >= 0.6 is 0 Å². The molecule has 0 saturated carbocycles. The van der Waals surface area contributed by atoms with E-state index in [1.165, 1.54) is 18.4 Å². The number of allylic oxidation sites excluding steroid dienone is 8. The molecule has 0 atom stereocenters. The molecule has 0 heterocycles. The molecule has 2 rings (SSSR count). The summed E-state index contributed by atoms with van der Waals surface area (Å²) in [5.74, 6) is 0. The summed E-state index contributed by atoms with van der Waals surface area (Å²) in [6.07, 6.45) is 11.9. The van der Waals surface area contributed by atoms with E-state index in [1.54, 1.807) is 5.57 Å². The van der Waals surface area contributed by atoms with Crippen LogP contribution in [-0.4, -0.2) is 6.19 Å². The number of hydrogen-bond donors (Lipinski definition) is 0. The Morgan fingerprint density at radius 1 is 1.11 bits per heavy atom. The van der Waals surface area contributed by atoms with Gasteiger partial charge < -0.3 is 24.8 Å². The van der Waals surface area contributed by atoms with Gasteiger partial charge in [-0.1, -0.05) is 0 Å². The zero-order valence-corrected chi connectivity index (χ0v) is 15.6. The molecule has 4 heteroatoms. The van der Waals surface area contributed by atoms with Gasteiger partial charge in [-0.3, -0.25) is 0 Å².